The highest BCUT2D eigenvalue weighted by molar-refractivity contribution is 8.26. The number of aryl methyl sites for hydroxylation is 1. The van der Waals surface area contributed by atoms with Crippen molar-refractivity contribution < 1.29 is 19.1 Å². The third-order valence-electron chi connectivity index (χ3n) is 4.70. The minimum Gasteiger partial charge on any atom is -0.478 e. The van der Waals surface area contributed by atoms with Crippen LogP contribution in [-0.2, 0) is 11.3 Å². The molecule has 4 rings (SSSR count). The molecule has 5 nitrogen and oxygen atoms in total. The van der Waals surface area contributed by atoms with Gasteiger partial charge in [0.25, 0.3) is 5.91 Å². The molecule has 0 spiro atoms. The lowest BCUT2D eigenvalue weighted by Crippen LogP contribution is -2.27. The summed E-state index contributed by atoms with van der Waals surface area (Å²) in [5.41, 5.74) is 2.84. The monoisotopic (exact) mass is 435 g/mol. The van der Waals surface area contributed by atoms with E-state index in [4.69, 9.17) is 21.7 Å². The number of carbonyl (C=O) groups excluding carboxylic acids is 1. The van der Waals surface area contributed by atoms with Gasteiger partial charge in [-0.05, 0) is 42.3 Å². The number of carboxylic acids is 1. The van der Waals surface area contributed by atoms with Crippen LogP contribution >= 0.6 is 24.0 Å². The van der Waals surface area contributed by atoms with Crippen molar-refractivity contribution in [3.05, 3.63) is 88.0 Å². The van der Waals surface area contributed by atoms with Crippen molar-refractivity contribution in [3.63, 3.8) is 0 Å². The zero-order valence-electron chi connectivity index (χ0n) is 16.0. The third-order valence-corrected chi connectivity index (χ3v) is 6.07. The van der Waals surface area contributed by atoms with Gasteiger partial charge in [0.15, 0.2) is 0 Å². The summed E-state index contributed by atoms with van der Waals surface area (Å²) in [6.07, 6.45) is 1.69. The van der Waals surface area contributed by atoms with Crippen molar-refractivity contribution >= 4 is 46.3 Å². The van der Waals surface area contributed by atoms with E-state index in [1.165, 1.54) is 11.8 Å². The standard InChI is InChI=1S/C23H17NO4S2/c1-14-11-16(22(26)27)7-9-18(14)19-10-8-17(28-19)12-20-21(25)24(23(29)30-20)13-15-5-3-2-4-6-15/h2-12H,13H2,1H3,(H,26,27). The van der Waals surface area contributed by atoms with Crippen molar-refractivity contribution in [1.29, 1.82) is 0 Å². The van der Waals surface area contributed by atoms with E-state index in [0.717, 1.165) is 16.7 Å². The van der Waals surface area contributed by atoms with Gasteiger partial charge >= 0.3 is 5.97 Å². The molecule has 1 aromatic heterocycles. The van der Waals surface area contributed by atoms with Gasteiger partial charge in [0.2, 0.25) is 0 Å². The molecule has 3 aromatic rings. The van der Waals surface area contributed by atoms with Crippen LogP contribution in [0.1, 0.15) is 27.2 Å². The lowest BCUT2D eigenvalue weighted by atomic mass is 10.0. The zero-order chi connectivity index (χ0) is 21.3. The summed E-state index contributed by atoms with van der Waals surface area (Å²) in [6.45, 7) is 2.26. The number of thioether (sulfide) groups is 1. The van der Waals surface area contributed by atoms with Crippen LogP contribution in [0.25, 0.3) is 17.4 Å². The molecule has 1 saturated heterocycles. The number of carbonyl (C=O) groups is 2. The Hall–Kier alpha value is -3.16. The lowest BCUT2D eigenvalue weighted by Gasteiger charge is -2.14. The quantitative estimate of drug-likeness (QED) is 0.430. The van der Waals surface area contributed by atoms with Crippen LogP contribution in [0, 0.1) is 6.92 Å². The summed E-state index contributed by atoms with van der Waals surface area (Å²) in [6, 6.07) is 18.2. The molecule has 150 valence electrons. The number of aromatic carboxylic acids is 1. The fraction of sp³-hybridized carbons (Fsp3) is 0.0870. The average Bonchev–Trinajstić information content (AvgIpc) is 3.29. The topological polar surface area (TPSA) is 70.8 Å². The Morgan fingerprint density at radius 1 is 1.17 bits per heavy atom. The Labute approximate surface area is 183 Å². The smallest absolute Gasteiger partial charge is 0.335 e. The molecule has 0 saturated carbocycles. The SMILES string of the molecule is Cc1cc(C(=O)O)ccc1-c1ccc(C=C2SC(=S)N(Cc3ccccc3)C2=O)o1. The van der Waals surface area contributed by atoms with E-state index in [0.29, 0.717) is 27.3 Å². The first kappa shape index (κ1) is 20.1. The molecule has 30 heavy (non-hydrogen) atoms. The molecule has 1 N–H and O–H groups in total. The summed E-state index contributed by atoms with van der Waals surface area (Å²) >= 11 is 6.64. The second-order valence-electron chi connectivity index (χ2n) is 6.79. The van der Waals surface area contributed by atoms with Crippen molar-refractivity contribution in [1.82, 2.24) is 4.90 Å². The van der Waals surface area contributed by atoms with E-state index < -0.39 is 5.97 Å². The molecule has 2 aromatic carbocycles. The highest BCUT2D eigenvalue weighted by atomic mass is 32.2. The van der Waals surface area contributed by atoms with Crippen molar-refractivity contribution in [2.75, 3.05) is 0 Å². The average molecular weight is 436 g/mol. The molecule has 0 bridgehead atoms. The van der Waals surface area contributed by atoms with E-state index in [1.54, 1.807) is 41.3 Å². The van der Waals surface area contributed by atoms with Crippen LogP contribution in [0.2, 0.25) is 0 Å². The normalized spacial score (nSPS) is 15.2. The van der Waals surface area contributed by atoms with Crippen LogP contribution in [-0.4, -0.2) is 26.2 Å². The Bertz CT molecular complexity index is 1180. The number of furan rings is 1. The highest BCUT2D eigenvalue weighted by Crippen LogP contribution is 2.35. The maximum atomic E-state index is 12.8. The Morgan fingerprint density at radius 2 is 1.93 bits per heavy atom. The van der Waals surface area contributed by atoms with Crippen molar-refractivity contribution in [2.24, 2.45) is 0 Å². The number of nitrogens with zero attached hydrogens (tertiary/aromatic N) is 1. The Kier molecular flexibility index (Phi) is 5.57. The summed E-state index contributed by atoms with van der Waals surface area (Å²) in [5.74, 6) is 0.0264. The zero-order valence-corrected chi connectivity index (χ0v) is 17.6. The molecular weight excluding hydrogens is 418 g/mol. The number of rotatable bonds is 5. The summed E-state index contributed by atoms with van der Waals surface area (Å²) in [4.78, 5) is 26.0. The minimum atomic E-state index is -0.970. The predicted octanol–water partition coefficient (Wildman–Crippen LogP) is 5.35. The molecule has 0 atom stereocenters. The summed E-state index contributed by atoms with van der Waals surface area (Å²) in [7, 11) is 0. The van der Waals surface area contributed by atoms with Crippen LogP contribution in [0.5, 0.6) is 0 Å². The van der Waals surface area contributed by atoms with Crippen LogP contribution in [0.3, 0.4) is 0 Å². The van der Waals surface area contributed by atoms with Gasteiger partial charge in [-0.25, -0.2) is 4.79 Å². The van der Waals surface area contributed by atoms with Gasteiger partial charge in [-0.2, -0.15) is 0 Å². The molecular formula is C23H17NO4S2. The molecule has 0 radical (unpaired) electrons. The number of hydrogen-bond acceptors (Lipinski definition) is 5. The van der Waals surface area contributed by atoms with E-state index in [9.17, 15) is 9.59 Å². The van der Waals surface area contributed by atoms with Crippen LogP contribution in [0.4, 0.5) is 0 Å². The number of benzene rings is 2. The maximum absolute atomic E-state index is 12.8. The number of thiocarbonyl (C=S) groups is 1. The van der Waals surface area contributed by atoms with Gasteiger partial charge in [0.1, 0.15) is 15.8 Å². The molecule has 2 heterocycles. The van der Waals surface area contributed by atoms with Crippen LogP contribution < -0.4 is 0 Å². The lowest BCUT2D eigenvalue weighted by molar-refractivity contribution is -0.122. The fourth-order valence-corrected chi connectivity index (χ4v) is 4.41. The second-order valence-corrected chi connectivity index (χ2v) is 8.47. The van der Waals surface area contributed by atoms with Gasteiger partial charge < -0.3 is 9.52 Å². The van der Waals surface area contributed by atoms with E-state index in [-0.39, 0.29) is 11.5 Å². The second kappa shape index (κ2) is 8.30. The number of hydrogen-bond donors (Lipinski definition) is 1. The first-order valence-electron chi connectivity index (χ1n) is 9.16. The van der Waals surface area contributed by atoms with Crippen molar-refractivity contribution in [2.45, 2.75) is 13.5 Å². The molecule has 0 unspecified atom stereocenters. The third kappa shape index (κ3) is 4.08. The van der Waals surface area contributed by atoms with E-state index >= 15 is 0 Å². The van der Waals surface area contributed by atoms with Gasteiger partial charge in [-0.3, -0.25) is 9.69 Å². The minimum absolute atomic E-state index is 0.145. The maximum Gasteiger partial charge on any atom is 0.335 e. The van der Waals surface area contributed by atoms with E-state index in [1.807, 2.05) is 37.3 Å². The Balaban J connectivity index is 1.55. The van der Waals surface area contributed by atoms with Gasteiger partial charge in [-0.1, -0.05) is 60.4 Å². The molecule has 0 aliphatic carbocycles. The molecule has 1 amide bonds. The largest absolute Gasteiger partial charge is 0.478 e. The first-order chi connectivity index (χ1) is 14.4. The number of amides is 1. The highest BCUT2D eigenvalue weighted by Gasteiger charge is 2.32. The Morgan fingerprint density at radius 3 is 2.63 bits per heavy atom. The van der Waals surface area contributed by atoms with Gasteiger partial charge in [0.05, 0.1) is 17.0 Å². The molecule has 1 fully saturated rings. The predicted molar refractivity (Wildman–Crippen MR) is 121 cm³/mol. The van der Waals surface area contributed by atoms with Gasteiger partial charge in [-0.15, -0.1) is 0 Å². The fourth-order valence-electron chi connectivity index (χ4n) is 3.18. The molecule has 7 heteroatoms. The van der Waals surface area contributed by atoms with Gasteiger partial charge in [0, 0.05) is 11.6 Å². The molecule has 1 aliphatic heterocycles. The summed E-state index contributed by atoms with van der Waals surface area (Å²) in [5, 5.41) is 9.12. The number of carboxylic acid groups (broad SMARTS) is 1. The first-order valence-corrected chi connectivity index (χ1v) is 10.4. The van der Waals surface area contributed by atoms with E-state index in [2.05, 4.69) is 0 Å². The molecule has 1 aliphatic rings. The van der Waals surface area contributed by atoms with Crippen molar-refractivity contribution in [3.8, 4) is 11.3 Å². The van der Waals surface area contributed by atoms with Crippen LogP contribution in [0.15, 0.2) is 70.0 Å². The summed E-state index contributed by atoms with van der Waals surface area (Å²) < 4.78 is 6.41.